The molecule has 2 amide bonds. The summed E-state index contributed by atoms with van der Waals surface area (Å²) in [6, 6.07) is 15.4. The lowest BCUT2D eigenvalue weighted by Gasteiger charge is -2.45. The number of methoxy groups -OCH3 is 1. The first-order valence-corrected chi connectivity index (χ1v) is 13.3. The van der Waals surface area contributed by atoms with Crippen LogP contribution in [0.3, 0.4) is 0 Å². The Kier molecular flexibility index (Phi) is 7.34. The predicted molar refractivity (Wildman–Crippen MR) is 144 cm³/mol. The van der Waals surface area contributed by atoms with Crippen molar-refractivity contribution in [3.8, 4) is 5.75 Å². The minimum atomic E-state index is -0.153. The lowest BCUT2D eigenvalue weighted by atomic mass is 9.76. The maximum Gasteiger partial charge on any atom is 0.234 e. The molecule has 3 atom stereocenters. The van der Waals surface area contributed by atoms with E-state index in [4.69, 9.17) is 28.6 Å². The molecular formula is C27H31ClN4O3S. The number of hydrogen-bond acceptors (Lipinski definition) is 5. The quantitative estimate of drug-likeness (QED) is 0.599. The Labute approximate surface area is 222 Å². The van der Waals surface area contributed by atoms with E-state index in [0.29, 0.717) is 42.6 Å². The fraction of sp³-hybridized carbons (Fsp3) is 0.444. The Bertz CT molecular complexity index is 1120. The highest BCUT2D eigenvalue weighted by atomic mass is 35.5. The second kappa shape index (κ2) is 10.6. The highest BCUT2D eigenvalue weighted by Gasteiger charge is 2.44. The van der Waals surface area contributed by atoms with Gasteiger partial charge in [0.15, 0.2) is 5.11 Å². The number of rotatable bonds is 5. The van der Waals surface area contributed by atoms with Gasteiger partial charge < -0.3 is 19.9 Å². The third-order valence-corrected chi connectivity index (χ3v) is 8.21. The Hall–Kier alpha value is -2.84. The minimum absolute atomic E-state index is 0.0534. The number of halogens is 1. The molecule has 7 nitrogen and oxygen atoms in total. The Morgan fingerprint density at radius 2 is 1.75 bits per heavy atom. The standard InChI is InChI=1S/C27H31ClN4O3S/c1-35-22-9-7-21(8-10-22)30-12-14-31(15-13-30)25(33)19-4-11-23-24(16-19)29-27(36)32(26(23)34)17-18-2-5-20(28)6-3-18/h2-3,5-10,19,23-24H,4,11-17H2,1H3,(H,29,36). The number of nitrogens with zero attached hydrogens (tertiary/aromatic N) is 3. The molecule has 9 heteroatoms. The number of piperazine rings is 1. The van der Waals surface area contributed by atoms with Gasteiger partial charge in [0.25, 0.3) is 0 Å². The van der Waals surface area contributed by atoms with E-state index in [1.165, 1.54) is 0 Å². The summed E-state index contributed by atoms with van der Waals surface area (Å²) in [5.41, 5.74) is 2.12. The summed E-state index contributed by atoms with van der Waals surface area (Å²) in [4.78, 5) is 32.6. The fourth-order valence-corrected chi connectivity index (χ4v) is 5.98. The number of thiocarbonyl (C=S) groups is 1. The number of amides is 2. The molecule has 2 saturated heterocycles. The van der Waals surface area contributed by atoms with E-state index in [-0.39, 0.29) is 29.7 Å². The first kappa shape index (κ1) is 24.8. The molecular weight excluding hydrogens is 496 g/mol. The van der Waals surface area contributed by atoms with Crippen LogP contribution in [-0.2, 0) is 16.1 Å². The van der Waals surface area contributed by atoms with Gasteiger partial charge in [-0.25, -0.2) is 0 Å². The first-order chi connectivity index (χ1) is 17.4. The topological polar surface area (TPSA) is 65.1 Å². The van der Waals surface area contributed by atoms with Crippen LogP contribution in [0.4, 0.5) is 5.69 Å². The van der Waals surface area contributed by atoms with Crippen molar-refractivity contribution >= 4 is 46.4 Å². The van der Waals surface area contributed by atoms with Crippen LogP contribution in [0, 0.1) is 11.8 Å². The Morgan fingerprint density at radius 3 is 2.42 bits per heavy atom. The normalized spacial score (nSPS) is 24.3. The van der Waals surface area contributed by atoms with Crippen molar-refractivity contribution in [3.05, 3.63) is 59.1 Å². The number of carbonyl (C=O) groups is 2. The van der Waals surface area contributed by atoms with Crippen molar-refractivity contribution in [2.24, 2.45) is 11.8 Å². The highest BCUT2D eigenvalue weighted by molar-refractivity contribution is 7.80. The molecule has 1 aliphatic carbocycles. The van der Waals surface area contributed by atoms with Crippen molar-refractivity contribution in [2.75, 3.05) is 38.2 Å². The molecule has 3 fully saturated rings. The molecule has 190 valence electrons. The Balaban J connectivity index is 1.15. The van der Waals surface area contributed by atoms with Crippen molar-refractivity contribution in [1.29, 1.82) is 0 Å². The van der Waals surface area contributed by atoms with Crippen LogP contribution in [0.1, 0.15) is 24.8 Å². The van der Waals surface area contributed by atoms with E-state index in [0.717, 1.165) is 36.5 Å². The van der Waals surface area contributed by atoms with Crippen LogP contribution in [0.25, 0.3) is 0 Å². The van der Waals surface area contributed by atoms with Gasteiger partial charge in [0.05, 0.1) is 19.6 Å². The van der Waals surface area contributed by atoms with Crippen molar-refractivity contribution in [1.82, 2.24) is 15.1 Å². The van der Waals surface area contributed by atoms with Crippen LogP contribution in [-0.4, -0.2) is 66.1 Å². The van der Waals surface area contributed by atoms with E-state index < -0.39 is 0 Å². The van der Waals surface area contributed by atoms with Gasteiger partial charge in [-0.1, -0.05) is 23.7 Å². The van der Waals surface area contributed by atoms with E-state index in [1.54, 1.807) is 12.0 Å². The van der Waals surface area contributed by atoms with E-state index in [2.05, 4.69) is 22.3 Å². The average molecular weight is 527 g/mol. The second-order valence-corrected chi connectivity index (χ2v) is 10.6. The number of nitrogens with one attached hydrogen (secondary N) is 1. The summed E-state index contributed by atoms with van der Waals surface area (Å²) in [6.07, 6.45) is 2.06. The summed E-state index contributed by atoms with van der Waals surface area (Å²) in [6.45, 7) is 3.44. The smallest absolute Gasteiger partial charge is 0.234 e. The van der Waals surface area contributed by atoms with Gasteiger partial charge in [-0.3, -0.25) is 14.5 Å². The third-order valence-electron chi connectivity index (χ3n) is 7.62. The van der Waals surface area contributed by atoms with Gasteiger partial charge in [-0.15, -0.1) is 0 Å². The maximum atomic E-state index is 13.4. The van der Waals surface area contributed by atoms with Crippen LogP contribution >= 0.6 is 23.8 Å². The van der Waals surface area contributed by atoms with E-state index >= 15 is 0 Å². The molecule has 2 aromatic carbocycles. The largest absolute Gasteiger partial charge is 0.497 e. The van der Waals surface area contributed by atoms with Gasteiger partial charge in [0, 0.05) is 48.8 Å². The molecule has 0 aromatic heterocycles. The molecule has 3 aliphatic rings. The minimum Gasteiger partial charge on any atom is -0.497 e. The molecule has 36 heavy (non-hydrogen) atoms. The van der Waals surface area contributed by atoms with Crippen molar-refractivity contribution < 1.29 is 14.3 Å². The fourth-order valence-electron chi connectivity index (χ4n) is 5.55. The third kappa shape index (κ3) is 5.15. The second-order valence-electron chi connectivity index (χ2n) is 9.73. The molecule has 3 unspecified atom stereocenters. The molecule has 5 rings (SSSR count). The SMILES string of the molecule is COc1ccc(N2CCN(C(=O)C3CCC4C(=O)N(Cc5ccc(Cl)cc5)C(=S)NC4C3)CC2)cc1. The average Bonchev–Trinajstić information content (AvgIpc) is 2.91. The molecule has 0 radical (unpaired) electrons. The van der Waals surface area contributed by atoms with Gasteiger partial charge in [-0.05, 0) is 73.4 Å². The van der Waals surface area contributed by atoms with Gasteiger partial charge in [-0.2, -0.15) is 0 Å². The zero-order chi connectivity index (χ0) is 25.2. The predicted octanol–water partition coefficient (Wildman–Crippen LogP) is 3.70. The number of benzene rings is 2. The van der Waals surface area contributed by atoms with Crippen LogP contribution in [0.15, 0.2) is 48.5 Å². The number of fused-ring (bicyclic) bond motifs is 1. The van der Waals surface area contributed by atoms with Crippen LogP contribution < -0.4 is 15.0 Å². The molecule has 1 saturated carbocycles. The molecule has 2 aliphatic heterocycles. The van der Waals surface area contributed by atoms with Crippen molar-refractivity contribution in [2.45, 2.75) is 31.8 Å². The Morgan fingerprint density at radius 1 is 1.06 bits per heavy atom. The van der Waals surface area contributed by atoms with Gasteiger partial charge in [0.1, 0.15) is 5.75 Å². The zero-order valence-corrected chi connectivity index (χ0v) is 21.9. The van der Waals surface area contributed by atoms with Crippen LogP contribution in [0.5, 0.6) is 5.75 Å². The number of carbonyl (C=O) groups excluding carboxylic acids is 2. The number of ether oxygens (including phenoxy) is 1. The monoisotopic (exact) mass is 526 g/mol. The highest BCUT2D eigenvalue weighted by Crippen LogP contribution is 2.35. The lowest BCUT2D eigenvalue weighted by Crippen LogP contribution is -2.62. The van der Waals surface area contributed by atoms with E-state index in [9.17, 15) is 9.59 Å². The number of hydrogen-bond donors (Lipinski definition) is 1. The summed E-state index contributed by atoms with van der Waals surface area (Å²) in [5.74, 6) is 0.861. The number of anilines is 1. The first-order valence-electron chi connectivity index (χ1n) is 12.5. The molecule has 1 N–H and O–H groups in total. The zero-order valence-electron chi connectivity index (χ0n) is 20.4. The summed E-state index contributed by atoms with van der Waals surface area (Å²) in [5, 5.41) is 4.48. The summed E-state index contributed by atoms with van der Waals surface area (Å²) in [7, 11) is 1.66. The van der Waals surface area contributed by atoms with Crippen molar-refractivity contribution in [3.63, 3.8) is 0 Å². The lowest BCUT2D eigenvalue weighted by molar-refractivity contribution is -0.142. The van der Waals surface area contributed by atoms with Gasteiger partial charge in [0.2, 0.25) is 11.8 Å². The summed E-state index contributed by atoms with van der Waals surface area (Å²) < 4.78 is 5.25. The van der Waals surface area contributed by atoms with Gasteiger partial charge >= 0.3 is 0 Å². The van der Waals surface area contributed by atoms with E-state index in [1.807, 2.05) is 41.3 Å². The molecule has 0 bridgehead atoms. The molecule has 2 aromatic rings. The maximum absolute atomic E-state index is 13.4. The molecule has 0 spiro atoms. The molecule has 2 heterocycles. The van der Waals surface area contributed by atoms with Crippen LogP contribution in [0.2, 0.25) is 5.02 Å². The summed E-state index contributed by atoms with van der Waals surface area (Å²) >= 11 is 11.5.